The van der Waals surface area contributed by atoms with Crippen LogP contribution >= 0.6 is 0 Å². The van der Waals surface area contributed by atoms with E-state index in [-0.39, 0.29) is 11.6 Å². The van der Waals surface area contributed by atoms with Crippen LogP contribution in [0.25, 0.3) is 22.0 Å². The molecule has 3 aromatic carbocycles. The zero-order valence-corrected chi connectivity index (χ0v) is 17.2. The Morgan fingerprint density at radius 2 is 1.69 bits per heavy atom. The van der Waals surface area contributed by atoms with Crippen LogP contribution in [0.5, 0.6) is 5.75 Å². The van der Waals surface area contributed by atoms with Gasteiger partial charge in [-0.25, -0.2) is 4.39 Å². The van der Waals surface area contributed by atoms with Crippen molar-refractivity contribution in [3.05, 3.63) is 89.9 Å². The molecule has 0 atom stereocenters. The fourth-order valence-corrected chi connectivity index (χ4v) is 3.57. The Bertz CT molecular complexity index is 1180. The van der Waals surface area contributed by atoms with Gasteiger partial charge in [0.25, 0.3) is 0 Å². The van der Waals surface area contributed by atoms with Crippen molar-refractivity contribution in [2.75, 3.05) is 13.2 Å². The number of aromatic nitrogens is 1. The maximum Gasteiger partial charge on any atom is 0.422 e. The van der Waals surface area contributed by atoms with E-state index >= 15 is 0 Å². The van der Waals surface area contributed by atoms with Gasteiger partial charge in [-0.3, -0.25) is 0 Å². The van der Waals surface area contributed by atoms with Gasteiger partial charge < -0.3 is 15.0 Å². The summed E-state index contributed by atoms with van der Waals surface area (Å²) < 4.78 is 55.0. The molecule has 0 aliphatic rings. The maximum absolute atomic E-state index is 13.2. The average Bonchev–Trinajstić information content (AvgIpc) is 3.18. The highest BCUT2D eigenvalue weighted by atomic mass is 19.4. The number of nitrogens with one attached hydrogen (secondary N) is 2. The average molecular weight is 442 g/mol. The largest absolute Gasteiger partial charge is 0.484 e. The fraction of sp³-hybridized carbons (Fsp3) is 0.200. The van der Waals surface area contributed by atoms with Gasteiger partial charge in [0.05, 0.1) is 0 Å². The summed E-state index contributed by atoms with van der Waals surface area (Å²) >= 11 is 0. The quantitative estimate of drug-likeness (QED) is 0.250. The molecule has 4 rings (SSSR count). The van der Waals surface area contributed by atoms with Gasteiger partial charge in [0, 0.05) is 23.6 Å². The van der Waals surface area contributed by atoms with Gasteiger partial charge in [-0.2, -0.15) is 13.2 Å². The molecule has 0 spiro atoms. The molecule has 1 aromatic heterocycles. The van der Waals surface area contributed by atoms with E-state index in [9.17, 15) is 17.6 Å². The Balaban J connectivity index is 1.36. The summed E-state index contributed by atoms with van der Waals surface area (Å²) in [5.74, 6) is -0.0627. The van der Waals surface area contributed by atoms with Gasteiger partial charge in [-0.1, -0.05) is 30.3 Å². The van der Waals surface area contributed by atoms with Crippen molar-refractivity contribution in [1.82, 2.24) is 10.3 Å². The first-order valence-electron chi connectivity index (χ1n) is 10.2. The molecule has 0 saturated carbocycles. The highest BCUT2D eigenvalue weighted by Crippen LogP contribution is 2.27. The Kier molecular flexibility index (Phi) is 6.46. The lowest BCUT2D eigenvalue weighted by Gasteiger charge is -2.10. The lowest BCUT2D eigenvalue weighted by molar-refractivity contribution is -0.153. The molecule has 7 heteroatoms. The third kappa shape index (κ3) is 5.68. The van der Waals surface area contributed by atoms with E-state index in [0.29, 0.717) is 13.1 Å². The minimum absolute atomic E-state index is 0.201. The van der Waals surface area contributed by atoms with Gasteiger partial charge >= 0.3 is 6.18 Å². The summed E-state index contributed by atoms with van der Waals surface area (Å²) in [4.78, 5) is 3.27. The summed E-state index contributed by atoms with van der Waals surface area (Å²) in [5.41, 5.74) is 4.99. The highest BCUT2D eigenvalue weighted by molar-refractivity contribution is 5.88. The molecular weight excluding hydrogens is 420 g/mol. The second-order valence-electron chi connectivity index (χ2n) is 7.56. The number of ether oxygens (including phenoxy) is 1. The van der Waals surface area contributed by atoms with E-state index in [1.54, 1.807) is 24.3 Å². The van der Waals surface area contributed by atoms with E-state index in [4.69, 9.17) is 4.74 Å². The SMILES string of the molecule is Fc1ccc(-c2ccc3[nH]cc(CCNCc4cccc(OCC(F)(F)F)c4)c3c2)cc1. The van der Waals surface area contributed by atoms with Gasteiger partial charge in [0.2, 0.25) is 0 Å². The standard InChI is InChI=1S/C25H22F4N2O/c26-21-7-4-18(5-8-21)19-6-9-24-23(13-19)20(15-31-24)10-11-30-14-17-2-1-3-22(12-17)32-16-25(27,28)29/h1-9,12-13,15,30-31H,10-11,14,16H2. The van der Waals surface area contributed by atoms with E-state index < -0.39 is 12.8 Å². The van der Waals surface area contributed by atoms with Gasteiger partial charge in [-0.05, 0) is 71.6 Å². The van der Waals surface area contributed by atoms with E-state index in [1.165, 1.54) is 18.2 Å². The molecule has 0 aliphatic carbocycles. The number of fused-ring (bicyclic) bond motifs is 1. The second-order valence-corrected chi connectivity index (χ2v) is 7.56. The van der Waals surface area contributed by atoms with E-state index in [2.05, 4.69) is 16.4 Å². The van der Waals surface area contributed by atoms with Gasteiger partial charge in [0.1, 0.15) is 11.6 Å². The van der Waals surface area contributed by atoms with Crippen LogP contribution in [0, 0.1) is 5.82 Å². The van der Waals surface area contributed by atoms with Crippen LogP contribution in [-0.2, 0) is 13.0 Å². The Labute approximate surface area is 183 Å². The third-order valence-electron chi connectivity index (χ3n) is 5.15. The first-order valence-corrected chi connectivity index (χ1v) is 10.2. The zero-order chi connectivity index (χ0) is 22.6. The lowest BCUT2D eigenvalue weighted by atomic mass is 10.0. The van der Waals surface area contributed by atoms with Gasteiger partial charge in [-0.15, -0.1) is 0 Å². The summed E-state index contributed by atoms with van der Waals surface area (Å²) in [6, 6.07) is 19.2. The van der Waals surface area contributed by atoms with Crippen molar-refractivity contribution in [1.29, 1.82) is 0 Å². The van der Waals surface area contributed by atoms with Crippen LogP contribution < -0.4 is 10.1 Å². The number of halogens is 4. The van der Waals surface area contributed by atoms with Crippen LogP contribution in [0.1, 0.15) is 11.1 Å². The van der Waals surface area contributed by atoms with Crippen LogP contribution in [0.4, 0.5) is 17.6 Å². The number of benzene rings is 3. The third-order valence-corrected chi connectivity index (χ3v) is 5.15. The van der Waals surface area contributed by atoms with Crippen molar-refractivity contribution in [3.8, 4) is 16.9 Å². The number of aromatic amines is 1. The molecule has 166 valence electrons. The van der Waals surface area contributed by atoms with Gasteiger partial charge in [0.15, 0.2) is 6.61 Å². The summed E-state index contributed by atoms with van der Waals surface area (Å²) in [5, 5.41) is 4.43. The Morgan fingerprint density at radius 3 is 2.47 bits per heavy atom. The minimum atomic E-state index is -4.36. The number of H-pyrrole nitrogens is 1. The lowest BCUT2D eigenvalue weighted by Crippen LogP contribution is -2.19. The molecule has 1 heterocycles. The second kappa shape index (κ2) is 9.44. The molecule has 4 aromatic rings. The van der Waals surface area contributed by atoms with E-state index in [1.807, 2.05) is 24.4 Å². The molecule has 0 aliphatic heterocycles. The first-order chi connectivity index (χ1) is 15.4. The topological polar surface area (TPSA) is 37.0 Å². The van der Waals surface area contributed by atoms with Crippen molar-refractivity contribution < 1.29 is 22.3 Å². The first kappa shape index (κ1) is 21.9. The van der Waals surface area contributed by atoms with Crippen LogP contribution in [0.2, 0.25) is 0 Å². The highest BCUT2D eigenvalue weighted by Gasteiger charge is 2.28. The molecule has 0 bridgehead atoms. The Morgan fingerprint density at radius 1 is 0.906 bits per heavy atom. The summed E-state index contributed by atoms with van der Waals surface area (Å²) in [6.07, 6.45) is -1.60. The molecule has 32 heavy (non-hydrogen) atoms. The maximum atomic E-state index is 13.2. The normalized spacial score (nSPS) is 11.8. The van der Waals surface area contributed by atoms with Crippen molar-refractivity contribution >= 4 is 10.9 Å². The van der Waals surface area contributed by atoms with E-state index in [0.717, 1.165) is 39.6 Å². The summed E-state index contributed by atoms with van der Waals surface area (Å²) in [7, 11) is 0. The van der Waals surface area contributed by atoms with Crippen molar-refractivity contribution in [2.45, 2.75) is 19.1 Å². The van der Waals surface area contributed by atoms with Crippen molar-refractivity contribution in [2.24, 2.45) is 0 Å². The molecule has 0 radical (unpaired) electrons. The predicted molar refractivity (Wildman–Crippen MR) is 117 cm³/mol. The van der Waals surface area contributed by atoms with Crippen LogP contribution in [0.3, 0.4) is 0 Å². The van der Waals surface area contributed by atoms with Crippen LogP contribution in [-0.4, -0.2) is 24.3 Å². The molecule has 0 saturated heterocycles. The molecule has 0 unspecified atom stereocenters. The zero-order valence-electron chi connectivity index (χ0n) is 17.2. The minimum Gasteiger partial charge on any atom is -0.484 e. The smallest absolute Gasteiger partial charge is 0.422 e. The molecule has 0 amide bonds. The summed E-state index contributed by atoms with van der Waals surface area (Å²) in [6.45, 7) is -0.0852. The number of hydrogen-bond acceptors (Lipinski definition) is 2. The monoisotopic (exact) mass is 442 g/mol. The Hall–Kier alpha value is -3.32. The number of hydrogen-bond donors (Lipinski definition) is 2. The van der Waals surface area contributed by atoms with Crippen LogP contribution in [0.15, 0.2) is 72.9 Å². The molecular formula is C25H22F4N2O. The number of rotatable bonds is 8. The fourth-order valence-electron chi connectivity index (χ4n) is 3.57. The molecule has 0 fully saturated rings. The van der Waals surface area contributed by atoms with Crippen molar-refractivity contribution in [3.63, 3.8) is 0 Å². The predicted octanol–water partition coefficient (Wildman–Crippen LogP) is 6.25. The number of alkyl halides is 3. The molecule has 2 N–H and O–H groups in total. The molecule has 3 nitrogen and oxygen atoms in total.